The highest BCUT2D eigenvalue weighted by atomic mass is 35.5. The summed E-state index contributed by atoms with van der Waals surface area (Å²) < 4.78 is 1.87. The number of thioether (sulfide) groups is 1. The molecule has 1 aromatic carbocycles. The van der Waals surface area contributed by atoms with Crippen molar-refractivity contribution in [2.45, 2.75) is 5.16 Å². The van der Waals surface area contributed by atoms with Gasteiger partial charge in [0.2, 0.25) is 5.91 Å². The molecule has 1 amide bonds. The average molecular weight is 375 g/mol. The molecule has 0 radical (unpaired) electrons. The van der Waals surface area contributed by atoms with E-state index in [0.29, 0.717) is 20.7 Å². The van der Waals surface area contributed by atoms with Gasteiger partial charge in [-0.1, -0.05) is 29.4 Å². The van der Waals surface area contributed by atoms with E-state index in [4.69, 9.17) is 16.9 Å². The van der Waals surface area contributed by atoms with Crippen molar-refractivity contribution in [2.24, 2.45) is 0 Å². The summed E-state index contributed by atoms with van der Waals surface area (Å²) in [5.74, 6) is 0.0139. The number of nitriles is 1. The van der Waals surface area contributed by atoms with Crippen molar-refractivity contribution in [3.63, 3.8) is 0 Å². The number of hydrogen-bond acceptors (Lipinski definition) is 5. The number of nitrogens with zero attached hydrogens (tertiary/aromatic N) is 3. The number of aromatic nitrogens is 2. The highest BCUT2D eigenvalue weighted by molar-refractivity contribution is 7.99. The molecule has 3 aromatic rings. The SMILES string of the molecule is N#Cc1ccsc1NC(=O)CSc1nccn1-c1cccc(Cl)c1. The van der Waals surface area contributed by atoms with Gasteiger partial charge in [0.05, 0.1) is 11.3 Å². The predicted molar refractivity (Wildman–Crippen MR) is 97.0 cm³/mol. The molecule has 120 valence electrons. The van der Waals surface area contributed by atoms with Crippen molar-refractivity contribution in [1.82, 2.24) is 9.55 Å². The number of carbonyl (C=O) groups excluding carboxylic acids is 1. The zero-order valence-electron chi connectivity index (χ0n) is 12.3. The van der Waals surface area contributed by atoms with Gasteiger partial charge in [-0.05, 0) is 29.6 Å². The minimum absolute atomic E-state index is 0.181. The fourth-order valence-corrected chi connectivity index (χ4v) is 3.72. The maximum absolute atomic E-state index is 12.1. The molecule has 3 rings (SSSR count). The highest BCUT2D eigenvalue weighted by Crippen LogP contribution is 2.25. The van der Waals surface area contributed by atoms with Gasteiger partial charge in [0, 0.05) is 23.1 Å². The molecule has 0 aliphatic heterocycles. The summed E-state index contributed by atoms with van der Waals surface area (Å²) in [5, 5.41) is 15.4. The van der Waals surface area contributed by atoms with Crippen molar-refractivity contribution in [3.05, 3.63) is 58.7 Å². The lowest BCUT2D eigenvalue weighted by Gasteiger charge is -2.08. The molecule has 2 heterocycles. The fraction of sp³-hybridized carbons (Fsp3) is 0.0625. The zero-order valence-corrected chi connectivity index (χ0v) is 14.7. The van der Waals surface area contributed by atoms with Crippen LogP contribution in [0.25, 0.3) is 5.69 Å². The number of imidazole rings is 1. The minimum atomic E-state index is -0.181. The number of halogens is 1. The third-order valence-corrected chi connectivity index (χ3v) is 5.10. The number of benzene rings is 1. The van der Waals surface area contributed by atoms with Crippen molar-refractivity contribution < 1.29 is 4.79 Å². The molecule has 0 atom stereocenters. The second kappa shape index (κ2) is 7.53. The summed E-state index contributed by atoms with van der Waals surface area (Å²) in [6.45, 7) is 0. The Hall–Kier alpha value is -2.27. The summed E-state index contributed by atoms with van der Waals surface area (Å²) in [5.41, 5.74) is 1.35. The number of thiophene rings is 1. The minimum Gasteiger partial charge on any atom is -0.316 e. The Kier molecular flexibility index (Phi) is 5.20. The average Bonchev–Trinajstić information content (AvgIpc) is 3.21. The summed E-state index contributed by atoms with van der Waals surface area (Å²) >= 11 is 8.66. The van der Waals surface area contributed by atoms with E-state index < -0.39 is 0 Å². The molecule has 0 saturated heterocycles. The molecular formula is C16H11ClN4OS2. The largest absolute Gasteiger partial charge is 0.316 e. The Bertz CT molecular complexity index is 913. The van der Waals surface area contributed by atoms with E-state index in [9.17, 15) is 4.79 Å². The van der Waals surface area contributed by atoms with Crippen molar-refractivity contribution in [3.8, 4) is 11.8 Å². The van der Waals surface area contributed by atoms with E-state index >= 15 is 0 Å². The Balaban J connectivity index is 1.67. The van der Waals surface area contributed by atoms with Crippen LogP contribution >= 0.6 is 34.7 Å². The van der Waals surface area contributed by atoms with Gasteiger partial charge in [-0.2, -0.15) is 5.26 Å². The predicted octanol–water partition coefficient (Wildman–Crippen LogP) is 4.19. The lowest BCUT2D eigenvalue weighted by Crippen LogP contribution is -2.14. The first-order chi connectivity index (χ1) is 11.7. The second-order valence-electron chi connectivity index (χ2n) is 4.67. The van der Waals surface area contributed by atoms with Crippen molar-refractivity contribution >= 4 is 45.6 Å². The first kappa shape index (κ1) is 16.6. The van der Waals surface area contributed by atoms with Gasteiger partial charge < -0.3 is 5.32 Å². The molecule has 0 aliphatic rings. The van der Waals surface area contributed by atoms with Gasteiger partial charge in [0.1, 0.15) is 11.1 Å². The molecule has 2 aromatic heterocycles. The quantitative estimate of drug-likeness (QED) is 0.680. The van der Waals surface area contributed by atoms with Crippen LogP contribution in [0.15, 0.2) is 53.3 Å². The van der Waals surface area contributed by atoms with E-state index in [1.165, 1.54) is 23.1 Å². The lowest BCUT2D eigenvalue weighted by molar-refractivity contribution is -0.113. The van der Waals surface area contributed by atoms with Crippen LogP contribution in [0, 0.1) is 11.3 Å². The van der Waals surface area contributed by atoms with Crippen molar-refractivity contribution in [2.75, 3.05) is 11.1 Å². The summed E-state index contributed by atoms with van der Waals surface area (Å²) in [6, 6.07) is 11.1. The standard InChI is InChI=1S/C16H11ClN4OS2/c17-12-2-1-3-13(8-12)21-6-5-19-16(21)24-10-14(22)20-15-11(9-18)4-7-23-15/h1-8H,10H2,(H,20,22). The summed E-state index contributed by atoms with van der Waals surface area (Å²) in [6.07, 6.45) is 3.49. The summed E-state index contributed by atoms with van der Waals surface area (Å²) in [4.78, 5) is 16.4. The van der Waals surface area contributed by atoms with E-state index in [-0.39, 0.29) is 11.7 Å². The van der Waals surface area contributed by atoms with Gasteiger partial charge >= 0.3 is 0 Å². The molecule has 0 unspecified atom stereocenters. The highest BCUT2D eigenvalue weighted by Gasteiger charge is 2.12. The molecule has 24 heavy (non-hydrogen) atoms. The molecule has 5 nitrogen and oxygen atoms in total. The monoisotopic (exact) mass is 374 g/mol. The summed E-state index contributed by atoms with van der Waals surface area (Å²) in [7, 11) is 0. The first-order valence-corrected chi connectivity index (χ1v) is 9.11. The second-order valence-corrected chi connectivity index (χ2v) is 6.97. The van der Waals surface area contributed by atoms with Crippen molar-refractivity contribution in [1.29, 1.82) is 5.26 Å². The normalized spacial score (nSPS) is 10.3. The van der Waals surface area contributed by atoms with Gasteiger partial charge in [-0.25, -0.2) is 4.98 Å². The van der Waals surface area contributed by atoms with Gasteiger partial charge in [0.15, 0.2) is 5.16 Å². The zero-order chi connectivity index (χ0) is 16.9. The van der Waals surface area contributed by atoms with Crippen LogP contribution in [0.4, 0.5) is 5.00 Å². The van der Waals surface area contributed by atoms with Gasteiger partial charge in [0.25, 0.3) is 0 Å². The van der Waals surface area contributed by atoms with E-state index in [0.717, 1.165) is 5.69 Å². The maximum atomic E-state index is 12.1. The Morgan fingerprint density at radius 1 is 1.46 bits per heavy atom. The maximum Gasteiger partial charge on any atom is 0.235 e. The third-order valence-electron chi connectivity index (χ3n) is 3.06. The van der Waals surface area contributed by atoms with E-state index in [1.807, 2.05) is 35.0 Å². The van der Waals surface area contributed by atoms with Crippen LogP contribution in [-0.2, 0) is 4.79 Å². The fourth-order valence-electron chi connectivity index (χ4n) is 2.01. The first-order valence-electron chi connectivity index (χ1n) is 6.87. The molecule has 1 N–H and O–H groups in total. The molecule has 0 spiro atoms. The lowest BCUT2D eigenvalue weighted by atomic mass is 10.3. The molecule has 0 bridgehead atoms. The van der Waals surface area contributed by atoms with Crippen LogP contribution in [-0.4, -0.2) is 21.2 Å². The topological polar surface area (TPSA) is 70.7 Å². The van der Waals surface area contributed by atoms with Crippen LogP contribution in [0.3, 0.4) is 0 Å². The van der Waals surface area contributed by atoms with E-state index in [1.54, 1.807) is 23.7 Å². The van der Waals surface area contributed by atoms with Crippen LogP contribution < -0.4 is 5.32 Å². The third kappa shape index (κ3) is 3.79. The van der Waals surface area contributed by atoms with Gasteiger partial charge in [-0.3, -0.25) is 9.36 Å². The Labute approximate surface area is 151 Å². The number of anilines is 1. The number of rotatable bonds is 5. The number of nitrogens with one attached hydrogen (secondary N) is 1. The van der Waals surface area contributed by atoms with Crippen LogP contribution in [0.2, 0.25) is 5.02 Å². The molecular weight excluding hydrogens is 364 g/mol. The van der Waals surface area contributed by atoms with Crippen LogP contribution in [0.5, 0.6) is 0 Å². The van der Waals surface area contributed by atoms with Crippen LogP contribution in [0.1, 0.15) is 5.56 Å². The number of amides is 1. The Morgan fingerprint density at radius 2 is 2.33 bits per heavy atom. The van der Waals surface area contributed by atoms with Gasteiger partial charge in [-0.15, -0.1) is 11.3 Å². The molecule has 0 saturated carbocycles. The Morgan fingerprint density at radius 3 is 3.12 bits per heavy atom. The number of hydrogen-bond donors (Lipinski definition) is 1. The molecule has 8 heteroatoms. The molecule has 0 fully saturated rings. The molecule has 0 aliphatic carbocycles. The smallest absolute Gasteiger partial charge is 0.235 e. The van der Waals surface area contributed by atoms with E-state index in [2.05, 4.69) is 10.3 Å². The number of carbonyl (C=O) groups is 1.